The van der Waals surface area contributed by atoms with Crippen molar-refractivity contribution < 1.29 is 19.4 Å². The molecule has 0 aliphatic rings. The molecule has 0 aromatic heterocycles. The average Bonchev–Trinajstić information content (AvgIpc) is 2.38. The van der Waals surface area contributed by atoms with Gasteiger partial charge in [-0.15, -0.1) is 11.8 Å². The minimum atomic E-state index is -1.02. The molecular formula is C14H19NO4S. The van der Waals surface area contributed by atoms with Crippen molar-refractivity contribution in [3.05, 3.63) is 29.8 Å². The second-order valence-corrected chi connectivity index (χ2v) is 6.04. The summed E-state index contributed by atoms with van der Waals surface area (Å²) < 4.78 is 4.83. The lowest BCUT2D eigenvalue weighted by Gasteiger charge is -2.07. The minimum Gasteiger partial charge on any atom is -0.480 e. The molecule has 0 saturated heterocycles. The van der Waals surface area contributed by atoms with E-state index in [1.807, 2.05) is 12.1 Å². The molecule has 0 fully saturated rings. The first-order valence-electron chi connectivity index (χ1n) is 6.33. The lowest BCUT2D eigenvalue weighted by Crippen LogP contribution is -2.27. The first-order valence-corrected chi connectivity index (χ1v) is 7.21. The zero-order chi connectivity index (χ0) is 15.0. The maximum Gasteiger partial charge on any atom is 0.329 e. The van der Waals surface area contributed by atoms with E-state index in [4.69, 9.17) is 9.84 Å². The van der Waals surface area contributed by atoms with Crippen LogP contribution in [-0.2, 0) is 9.53 Å². The van der Waals surface area contributed by atoms with Gasteiger partial charge in [-0.2, -0.15) is 0 Å². The van der Waals surface area contributed by atoms with E-state index in [-0.39, 0.29) is 25.7 Å². The third-order valence-electron chi connectivity index (χ3n) is 2.25. The number of carbonyl (C=O) groups is 2. The van der Waals surface area contributed by atoms with Crippen LogP contribution < -0.4 is 5.32 Å². The number of carbonyl (C=O) groups excluding carboxylic acids is 1. The molecule has 0 aliphatic heterocycles. The second kappa shape index (κ2) is 8.60. The predicted octanol–water partition coefficient (Wildman–Crippen LogP) is 2.02. The molecule has 1 amide bonds. The molecule has 0 unspecified atom stereocenters. The number of ether oxygens (including phenoxy) is 1. The van der Waals surface area contributed by atoms with Crippen LogP contribution >= 0.6 is 11.8 Å². The summed E-state index contributed by atoms with van der Waals surface area (Å²) in [5.74, 6) is -1.21. The molecule has 2 N–H and O–H groups in total. The van der Waals surface area contributed by atoms with Crippen LogP contribution in [0.15, 0.2) is 29.2 Å². The number of aliphatic carboxylic acids is 1. The Morgan fingerprint density at radius 1 is 1.30 bits per heavy atom. The lowest BCUT2D eigenvalue weighted by atomic mass is 10.2. The van der Waals surface area contributed by atoms with Crippen molar-refractivity contribution in [2.75, 3.05) is 19.8 Å². The Balaban J connectivity index is 2.34. The van der Waals surface area contributed by atoms with E-state index in [2.05, 4.69) is 19.2 Å². The van der Waals surface area contributed by atoms with Crippen molar-refractivity contribution >= 4 is 23.6 Å². The molecule has 0 radical (unpaired) electrons. The summed E-state index contributed by atoms with van der Waals surface area (Å²) in [6.45, 7) is 4.34. The standard InChI is InChI=1S/C14H19NO4S/c1-10(2)20-12-5-3-11(4-6-12)14(18)15-7-8-19-9-13(16)17/h3-6,10H,7-9H2,1-2H3,(H,15,18)(H,16,17). The molecule has 0 spiro atoms. The van der Waals surface area contributed by atoms with Crippen LogP contribution in [0.3, 0.4) is 0 Å². The smallest absolute Gasteiger partial charge is 0.329 e. The first-order chi connectivity index (χ1) is 9.49. The number of amides is 1. The van der Waals surface area contributed by atoms with Gasteiger partial charge in [-0.1, -0.05) is 13.8 Å². The fourth-order valence-corrected chi connectivity index (χ4v) is 2.29. The maximum atomic E-state index is 11.8. The van der Waals surface area contributed by atoms with Crippen LogP contribution in [-0.4, -0.2) is 42.0 Å². The molecule has 1 aromatic carbocycles. The number of carboxylic acid groups (broad SMARTS) is 1. The molecule has 110 valence electrons. The Morgan fingerprint density at radius 2 is 1.95 bits per heavy atom. The predicted molar refractivity (Wildman–Crippen MR) is 78.2 cm³/mol. The molecule has 1 rings (SSSR count). The molecule has 0 aliphatic carbocycles. The van der Waals surface area contributed by atoms with Crippen molar-refractivity contribution in [1.82, 2.24) is 5.32 Å². The summed E-state index contributed by atoms with van der Waals surface area (Å²) in [5.41, 5.74) is 0.580. The number of hydrogen-bond acceptors (Lipinski definition) is 4. The number of rotatable bonds is 8. The summed E-state index contributed by atoms with van der Waals surface area (Å²) in [6, 6.07) is 7.39. The fraction of sp³-hybridized carbons (Fsp3) is 0.429. The third kappa shape index (κ3) is 6.58. The molecule has 0 atom stereocenters. The third-order valence-corrected chi connectivity index (χ3v) is 3.26. The van der Waals surface area contributed by atoms with Crippen LogP contribution in [0, 0.1) is 0 Å². The van der Waals surface area contributed by atoms with Crippen molar-refractivity contribution in [2.45, 2.75) is 24.0 Å². The van der Waals surface area contributed by atoms with Crippen molar-refractivity contribution in [1.29, 1.82) is 0 Å². The zero-order valence-electron chi connectivity index (χ0n) is 11.6. The van der Waals surface area contributed by atoms with Gasteiger partial charge >= 0.3 is 5.97 Å². The van der Waals surface area contributed by atoms with Gasteiger partial charge < -0.3 is 15.2 Å². The summed E-state index contributed by atoms with van der Waals surface area (Å²) in [7, 11) is 0. The van der Waals surface area contributed by atoms with E-state index < -0.39 is 5.97 Å². The van der Waals surface area contributed by atoms with Crippen molar-refractivity contribution in [3.8, 4) is 0 Å². The number of benzene rings is 1. The Kier molecular flexibility index (Phi) is 7.11. The number of thioether (sulfide) groups is 1. The van der Waals surface area contributed by atoms with Gasteiger partial charge in [0.05, 0.1) is 6.61 Å². The van der Waals surface area contributed by atoms with Gasteiger partial charge in [0.2, 0.25) is 0 Å². The van der Waals surface area contributed by atoms with Crippen LogP contribution in [0.2, 0.25) is 0 Å². The summed E-state index contributed by atoms with van der Waals surface area (Å²) in [5, 5.41) is 11.5. The highest BCUT2D eigenvalue weighted by atomic mass is 32.2. The topological polar surface area (TPSA) is 75.6 Å². The minimum absolute atomic E-state index is 0.180. The van der Waals surface area contributed by atoms with Crippen LogP contribution in [0.4, 0.5) is 0 Å². The highest BCUT2D eigenvalue weighted by Gasteiger charge is 2.05. The lowest BCUT2D eigenvalue weighted by molar-refractivity contribution is -0.142. The second-order valence-electron chi connectivity index (χ2n) is 4.39. The van der Waals surface area contributed by atoms with Gasteiger partial charge in [0.1, 0.15) is 6.61 Å². The molecular weight excluding hydrogens is 278 g/mol. The van der Waals surface area contributed by atoms with Crippen molar-refractivity contribution in [3.63, 3.8) is 0 Å². The summed E-state index contributed by atoms with van der Waals surface area (Å²) in [6.07, 6.45) is 0. The maximum absolute atomic E-state index is 11.8. The SMILES string of the molecule is CC(C)Sc1ccc(C(=O)NCCOCC(=O)O)cc1. The Bertz CT molecular complexity index is 445. The molecule has 20 heavy (non-hydrogen) atoms. The molecule has 0 heterocycles. The molecule has 0 saturated carbocycles. The van der Waals surface area contributed by atoms with Gasteiger partial charge in [-0.05, 0) is 24.3 Å². The largest absolute Gasteiger partial charge is 0.480 e. The van der Waals surface area contributed by atoms with Crippen molar-refractivity contribution in [2.24, 2.45) is 0 Å². The molecule has 1 aromatic rings. The van der Waals surface area contributed by atoms with E-state index >= 15 is 0 Å². The van der Waals surface area contributed by atoms with E-state index in [0.717, 1.165) is 4.90 Å². The molecule has 5 nitrogen and oxygen atoms in total. The highest BCUT2D eigenvalue weighted by molar-refractivity contribution is 7.99. The Labute approximate surface area is 122 Å². The Morgan fingerprint density at radius 3 is 2.50 bits per heavy atom. The van der Waals surface area contributed by atoms with E-state index in [0.29, 0.717) is 10.8 Å². The summed E-state index contributed by atoms with van der Waals surface area (Å²) >= 11 is 1.74. The van der Waals surface area contributed by atoms with E-state index in [1.165, 1.54) is 0 Å². The van der Waals surface area contributed by atoms with Crippen LogP contribution in [0.1, 0.15) is 24.2 Å². The first kappa shape index (κ1) is 16.5. The number of nitrogens with one attached hydrogen (secondary N) is 1. The van der Waals surface area contributed by atoms with Gasteiger partial charge in [-0.3, -0.25) is 4.79 Å². The zero-order valence-corrected chi connectivity index (χ0v) is 12.4. The fourth-order valence-electron chi connectivity index (χ4n) is 1.46. The van der Waals surface area contributed by atoms with Crippen LogP contribution in [0.5, 0.6) is 0 Å². The average molecular weight is 297 g/mol. The monoisotopic (exact) mass is 297 g/mol. The van der Waals surface area contributed by atoms with Gasteiger partial charge in [0.15, 0.2) is 0 Å². The molecule has 0 bridgehead atoms. The summed E-state index contributed by atoms with van der Waals surface area (Å²) in [4.78, 5) is 23.1. The van der Waals surface area contributed by atoms with Gasteiger partial charge in [-0.25, -0.2) is 4.79 Å². The molecule has 6 heteroatoms. The highest BCUT2D eigenvalue weighted by Crippen LogP contribution is 2.22. The number of carboxylic acids is 1. The normalized spacial score (nSPS) is 10.6. The van der Waals surface area contributed by atoms with Gasteiger partial charge in [0.25, 0.3) is 5.91 Å². The Hall–Kier alpha value is -1.53. The van der Waals surface area contributed by atoms with Gasteiger partial charge in [0, 0.05) is 22.3 Å². The quantitative estimate of drug-likeness (QED) is 0.567. The van der Waals surface area contributed by atoms with E-state index in [9.17, 15) is 9.59 Å². The number of hydrogen-bond donors (Lipinski definition) is 2. The van der Waals surface area contributed by atoms with E-state index in [1.54, 1.807) is 23.9 Å². The van der Waals surface area contributed by atoms with Crippen LogP contribution in [0.25, 0.3) is 0 Å².